The number of hydrogen-bond acceptors (Lipinski definition) is 7. The van der Waals surface area contributed by atoms with Crippen LogP contribution in [0.3, 0.4) is 0 Å². The van der Waals surface area contributed by atoms with Gasteiger partial charge in [-0.2, -0.15) is 0 Å². The molecule has 0 saturated heterocycles. The van der Waals surface area contributed by atoms with Gasteiger partial charge >= 0.3 is 0 Å². The summed E-state index contributed by atoms with van der Waals surface area (Å²) < 4.78 is 5.82. The number of carbonyl (C=O) groups excluding carboxylic acids is 1. The Kier molecular flexibility index (Phi) is 14.3. The van der Waals surface area contributed by atoms with Gasteiger partial charge in [-0.05, 0) is 66.8 Å². The van der Waals surface area contributed by atoms with Crippen molar-refractivity contribution in [2.24, 2.45) is 11.5 Å². The number of nitrogens with two attached hydrogens (primary N) is 2. The van der Waals surface area contributed by atoms with E-state index in [0.717, 1.165) is 47.9 Å². The summed E-state index contributed by atoms with van der Waals surface area (Å²) in [4.78, 5) is 32.4. The summed E-state index contributed by atoms with van der Waals surface area (Å²) in [7, 11) is -2.25. The molecule has 41 heavy (non-hydrogen) atoms. The molecular weight excluding hydrogens is 535 g/mol. The Morgan fingerprint density at radius 3 is 2.46 bits per heavy atom. The zero-order chi connectivity index (χ0) is 29.3. The number of amides is 1. The van der Waals surface area contributed by atoms with Crippen molar-refractivity contribution in [1.82, 2.24) is 10.6 Å². The van der Waals surface area contributed by atoms with Gasteiger partial charge in [-0.3, -0.25) is 10.1 Å². The van der Waals surface area contributed by atoms with E-state index < -0.39 is 20.2 Å². The van der Waals surface area contributed by atoms with Gasteiger partial charge in [0.15, 0.2) is 8.38 Å². The molecule has 3 aromatic carbocycles. The van der Waals surface area contributed by atoms with E-state index in [0.29, 0.717) is 31.8 Å². The second kappa shape index (κ2) is 18.2. The molecule has 2 unspecified atom stereocenters. The summed E-state index contributed by atoms with van der Waals surface area (Å²) in [6.07, 6.45) is 4.48. The zero-order valence-electron chi connectivity index (χ0n) is 23.3. The third-order valence-corrected chi connectivity index (χ3v) is 7.38. The Balaban J connectivity index is 1.49. The van der Waals surface area contributed by atoms with Gasteiger partial charge in [-0.25, -0.2) is 0 Å². The Bertz CT molecular complexity index is 1260. The van der Waals surface area contributed by atoms with Crippen LogP contribution < -0.4 is 26.8 Å². The molecule has 9 heteroatoms. The van der Waals surface area contributed by atoms with E-state index in [9.17, 15) is 14.6 Å². The zero-order valence-corrected chi connectivity index (χ0v) is 24.2. The van der Waals surface area contributed by atoms with Crippen LogP contribution in [0.15, 0.2) is 78.9 Å². The van der Waals surface area contributed by atoms with Crippen molar-refractivity contribution in [3.05, 3.63) is 101 Å². The lowest BCUT2D eigenvalue weighted by Crippen LogP contribution is -2.42. The molecule has 8 nitrogen and oxygen atoms in total. The van der Waals surface area contributed by atoms with E-state index >= 15 is 0 Å². The van der Waals surface area contributed by atoms with Crippen LogP contribution in [0.2, 0.25) is 0 Å². The molecule has 0 fully saturated rings. The maximum Gasteiger partial charge on any atom is 0.237 e. The molecule has 0 bridgehead atoms. The summed E-state index contributed by atoms with van der Waals surface area (Å²) in [5.74, 6) is 5.94. The first-order valence-electron chi connectivity index (χ1n) is 13.9. The van der Waals surface area contributed by atoms with Crippen molar-refractivity contribution in [1.29, 1.82) is 0 Å². The number of rotatable bonds is 16. The fourth-order valence-corrected chi connectivity index (χ4v) is 4.95. The summed E-state index contributed by atoms with van der Waals surface area (Å²) in [5, 5.41) is 6.13. The van der Waals surface area contributed by atoms with Gasteiger partial charge in [0.05, 0.1) is 6.04 Å². The second-order valence-electron chi connectivity index (χ2n) is 9.76. The molecule has 0 aliphatic rings. The number of carbonyl (C=O) groups is 1. The highest BCUT2D eigenvalue weighted by atomic mass is 31.2. The second-order valence-corrected chi connectivity index (χ2v) is 10.9. The summed E-state index contributed by atoms with van der Waals surface area (Å²) in [5.41, 5.74) is 15.2. The number of nitrogens with one attached hydrogen (secondary N) is 2. The topological polar surface area (TPSA) is 143 Å². The highest BCUT2D eigenvalue weighted by Crippen LogP contribution is 2.42. The highest BCUT2D eigenvalue weighted by Gasteiger charge is 2.20. The van der Waals surface area contributed by atoms with Crippen LogP contribution in [0.1, 0.15) is 53.7 Å². The van der Waals surface area contributed by atoms with Gasteiger partial charge in [0, 0.05) is 18.7 Å². The summed E-state index contributed by atoms with van der Waals surface area (Å²) >= 11 is 0. The lowest BCUT2D eigenvalue weighted by Gasteiger charge is -2.20. The molecular formula is C32H41N4O4P. The van der Waals surface area contributed by atoms with Crippen LogP contribution in [0.4, 0.5) is 0 Å². The molecule has 0 heterocycles. The molecule has 0 saturated carbocycles. The summed E-state index contributed by atoms with van der Waals surface area (Å²) in [6, 6.07) is 24.1. The molecule has 2 atom stereocenters. The first-order chi connectivity index (χ1) is 20.0. The average Bonchev–Trinajstić information content (AvgIpc) is 2.98. The molecule has 0 aliphatic heterocycles. The van der Waals surface area contributed by atoms with E-state index in [-0.39, 0.29) is 12.5 Å². The fourth-order valence-electron chi connectivity index (χ4n) is 4.26. The monoisotopic (exact) mass is 576 g/mol. The van der Waals surface area contributed by atoms with Crippen LogP contribution in [-0.2, 0) is 17.8 Å². The van der Waals surface area contributed by atoms with E-state index in [1.807, 2.05) is 72.8 Å². The molecule has 3 rings (SSSR count). The third kappa shape index (κ3) is 12.0. The first-order valence-corrected chi connectivity index (χ1v) is 15.3. The van der Waals surface area contributed by atoms with Gasteiger partial charge in [0.25, 0.3) is 0 Å². The number of unbranched alkanes of at least 4 members (excludes halogenated alkanes) is 3. The van der Waals surface area contributed by atoms with Crippen LogP contribution in [0.5, 0.6) is 5.75 Å². The number of hydrogen-bond donors (Lipinski definition) is 6. The van der Waals surface area contributed by atoms with Crippen LogP contribution in [0.25, 0.3) is 0 Å². The fraction of sp³-hybridized carbons (Fsp3) is 0.344. The van der Waals surface area contributed by atoms with Crippen LogP contribution in [-0.4, -0.2) is 41.4 Å². The minimum Gasteiger partial charge on any atom is -0.481 e. The maximum atomic E-state index is 12.3. The molecule has 218 valence electrons. The molecule has 0 spiro atoms. The Morgan fingerprint density at radius 2 is 1.68 bits per heavy atom. The maximum absolute atomic E-state index is 12.3. The molecule has 8 N–H and O–H groups in total. The minimum atomic E-state index is -2.25. The van der Waals surface area contributed by atoms with Crippen LogP contribution in [0, 0.1) is 11.8 Å². The molecule has 0 aromatic heterocycles. The standard InChI is InChI=1S/C32H41N4O4P/c33-18-6-1-2-7-19-35-31(37)30(34)22-27-14-8-13-25(21-27)15-10-20-40-29-17-9-16-28(23-29)32(41(38)39)36-24-26-11-4-3-5-12-26/h3-5,8-9,11-14,16-17,21,23,30,32,36,38-39H,1-2,6-7,18-20,22,24,33-34H2,(H,35,37). The van der Waals surface area contributed by atoms with Crippen molar-refractivity contribution in [3.63, 3.8) is 0 Å². The lowest BCUT2D eigenvalue weighted by atomic mass is 10.0. The van der Waals surface area contributed by atoms with Gasteiger partial charge in [-0.1, -0.05) is 79.3 Å². The van der Waals surface area contributed by atoms with Crippen LogP contribution >= 0.6 is 8.38 Å². The number of benzene rings is 3. The quantitative estimate of drug-likeness (QED) is 0.0867. The SMILES string of the molecule is NCCCCCCNC(=O)C(N)Cc1cccc(C#CCOc2cccc(C(NCc3ccccc3)P(O)O)c2)c1. The molecule has 0 aliphatic carbocycles. The van der Waals surface area contributed by atoms with E-state index in [1.165, 1.54) is 0 Å². The first kappa shape index (κ1) is 32.2. The number of ether oxygens (including phenoxy) is 1. The van der Waals surface area contributed by atoms with Crippen molar-refractivity contribution in [2.75, 3.05) is 19.7 Å². The summed E-state index contributed by atoms with van der Waals surface area (Å²) in [6.45, 7) is 1.99. The largest absolute Gasteiger partial charge is 0.481 e. The van der Waals surface area contributed by atoms with Crippen molar-refractivity contribution >= 4 is 14.3 Å². The normalized spacial score (nSPS) is 12.3. The Morgan fingerprint density at radius 1 is 0.927 bits per heavy atom. The van der Waals surface area contributed by atoms with Gasteiger partial charge < -0.3 is 31.3 Å². The Hall–Kier alpha value is -3.28. The van der Waals surface area contributed by atoms with Crippen molar-refractivity contribution in [2.45, 2.75) is 50.5 Å². The minimum absolute atomic E-state index is 0.150. The predicted molar refractivity (Wildman–Crippen MR) is 165 cm³/mol. The van der Waals surface area contributed by atoms with E-state index in [4.69, 9.17) is 16.2 Å². The molecule has 0 radical (unpaired) electrons. The predicted octanol–water partition coefficient (Wildman–Crippen LogP) is 3.71. The highest BCUT2D eigenvalue weighted by molar-refractivity contribution is 7.45. The molecule has 3 aromatic rings. The smallest absolute Gasteiger partial charge is 0.237 e. The van der Waals surface area contributed by atoms with Gasteiger partial charge in [0.2, 0.25) is 5.91 Å². The Labute approximate surface area is 244 Å². The average molecular weight is 577 g/mol. The van der Waals surface area contributed by atoms with Crippen molar-refractivity contribution < 1.29 is 19.3 Å². The van der Waals surface area contributed by atoms with E-state index in [2.05, 4.69) is 22.5 Å². The van der Waals surface area contributed by atoms with E-state index in [1.54, 1.807) is 6.07 Å². The van der Waals surface area contributed by atoms with Gasteiger partial charge in [0.1, 0.15) is 18.1 Å². The van der Waals surface area contributed by atoms with Gasteiger partial charge in [-0.15, -0.1) is 0 Å². The van der Waals surface area contributed by atoms with Crippen molar-refractivity contribution in [3.8, 4) is 17.6 Å². The third-order valence-electron chi connectivity index (χ3n) is 6.44. The lowest BCUT2D eigenvalue weighted by molar-refractivity contribution is -0.122. The molecule has 1 amide bonds.